The molecule has 1 saturated heterocycles. The van der Waals surface area contributed by atoms with E-state index in [2.05, 4.69) is 15.5 Å². The number of benzene rings is 2. The monoisotopic (exact) mass is 442 g/mol. The first kappa shape index (κ1) is 21.0. The topological polar surface area (TPSA) is 115 Å². The molecule has 0 radical (unpaired) electrons. The summed E-state index contributed by atoms with van der Waals surface area (Å²) in [5.41, 5.74) is 0.687. The zero-order chi connectivity index (χ0) is 21.8. The van der Waals surface area contributed by atoms with Crippen LogP contribution in [-0.2, 0) is 14.8 Å². The second-order valence-electron chi connectivity index (χ2n) is 7.15. The Kier molecular flexibility index (Phi) is 6.01. The quantitative estimate of drug-likeness (QED) is 0.624. The van der Waals surface area contributed by atoms with Crippen LogP contribution in [-0.4, -0.2) is 49.0 Å². The Balaban J connectivity index is 1.42. The minimum atomic E-state index is -3.65. The molecule has 1 atom stereocenters. The molecule has 162 valence electrons. The summed E-state index contributed by atoms with van der Waals surface area (Å²) in [4.78, 5) is 12.9. The van der Waals surface area contributed by atoms with Gasteiger partial charge in [-0.2, -0.15) is 4.31 Å². The lowest BCUT2D eigenvalue weighted by atomic mass is 9.99. The number of carbonyl (C=O) groups excluding carboxylic acids is 1. The highest BCUT2D eigenvalue weighted by Gasteiger charge is 2.33. The molecule has 31 heavy (non-hydrogen) atoms. The molecule has 1 fully saturated rings. The maximum absolute atomic E-state index is 12.9. The van der Waals surface area contributed by atoms with Crippen LogP contribution < -0.4 is 10.1 Å². The number of hydrogen-bond acceptors (Lipinski definition) is 7. The van der Waals surface area contributed by atoms with Gasteiger partial charge in [-0.1, -0.05) is 23.3 Å². The average Bonchev–Trinajstić information content (AvgIpc) is 3.28. The molecule has 0 aliphatic carbocycles. The number of methoxy groups -OCH3 is 1. The fourth-order valence-corrected chi connectivity index (χ4v) is 4.99. The molecule has 0 unspecified atom stereocenters. The predicted molar refractivity (Wildman–Crippen MR) is 113 cm³/mol. The zero-order valence-electron chi connectivity index (χ0n) is 16.9. The van der Waals surface area contributed by atoms with Gasteiger partial charge in [0.2, 0.25) is 21.8 Å². The van der Waals surface area contributed by atoms with E-state index < -0.39 is 15.9 Å². The lowest BCUT2D eigenvalue weighted by molar-refractivity contribution is -0.121. The lowest BCUT2D eigenvalue weighted by Crippen LogP contribution is -2.43. The molecule has 3 aromatic rings. The van der Waals surface area contributed by atoms with Gasteiger partial charge < -0.3 is 9.15 Å². The minimum Gasteiger partial charge on any atom is -0.497 e. The molecule has 0 spiro atoms. The fourth-order valence-electron chi connectivity index (χ4n) is 3.45. The zero-order valence-corrected chi connectivity index (χ0v) is 17.7. The van der Waals surface area contributed by atoms with E-state index in [0.29, 0.717) is 30.7 Å². The third kappa shape index (κ3) is 4.59. The molecule has 2 heterocycles. The second kappa shape index (κ2) is 8.86. The second-order valence-corrected chi connectivity index (χ2v) is 9.08. The first-order valence-corrected chi connectivity index (χ1v) is 11.3. The molecular weight excluding hydrogens is 420 g/mol. The van der Waals surface area contributed by atoms with E-state index in [1.165, 1.54) is 4.31 Å². The number of piperidine rings is 1. The Morgan fingerprint density at radius 3 is 2.58 bits per heavy atom. The maximum atomic E-state index is 12.9. The summed E-state index contributed by atoms with van der Waals surface area (Å²) in [6.45, 7) is 0.478. The minimum absolute atomic E-state index is 0.0288. The Hall–Kier alpha value is -3.24. The van der Waals surface area contributed by atoms with Gasteiger partial charge in [-0.3, -0.25) is 10.1 Å². The van der Waals surface area contributed by atoms with Crippen LogP contribution in [0.15, 0.2) is 63.9 Å². The summed E-state index contributed by atoms with van der Waals surface area (Å²) in [6.07, 6.45) is 1.16. The summed E-state index contributed by atoms with van der Waals surface area (Å²) in [5.74, 6) is 0.0976. The molecule has 1 aliphatic rings. The number of sulfonamides is 1. The molecule has 10 heteroatoms. The Morgan fingerprint density at radius 1 is 1.13 bits per heavy atom. The van der Waals surface area contributed by atoms with Crippen LogP contribution in [0.4, 0.5) is 6.01 Å². The number of anilines is 1. The first-order valence-electron chi connectivity index (χ1n) is 9.81. The Morgan fingerprint density at radius 2 is 1.87 bits per heavy atom. The van der Waals surface area contributed by atoms with Crippen molar-refractivity contribution < 1.29 is 22.4 Å². The highest BCUT2D eigenvalue weighted by atomic mass is 32.2. The van der Waals surface area contributed by atoms with Crippen LogP contribution in [0.25, 0.3) is 11.5 Å². The standard InChI is InChI=1S/C21H22N4O5S/c1-29-17-11-9-15(10-12-17)20-23-24-21(30-20)22-19(26)16-6-5-13-25(14-16)31(27,28)18-7-3-2-4-8-18/h2-4,7-12,16H,5-6,13-14H2,1H3,(H,22,24,26)/t16-/m1/s1. The number of aromatic nitrogens is 2. The van der Waals surface area contributed by atoms with E-state index in [9.17, 15) is 13.2 Å². The average molecular weight is 442 g/mol. The van der Waals surface area contributed by atoms with Crippen LogP contribution in [0, 0.1) is 5.92 Å². The number of carbonyl (C=O) groups is 1. The van der Waals surface area contributed by atoms with Crippen molar-refractivity contribution in [3.05, 3.63) is 54.6 Å². The number of ether oxygens (including phenoxy) is 1. The van der Waals surface area contributed by atoms with E-state index in [1.54, 1.807) is 61.7 Å². The van der Waals surface area contributed by atoms with Gasteiger partial charge in [0.25, 0.3) is 0 Å². The van der Waals surface area contributed by atoms with Gasteiger partial charge in [-0.05, 0) is 49.2 Å². The van der Waals surface area contributed by atoms with Gasteiger partial charge in [0, 0.05) is 18.7 Å². The largest absolute Gasteiger partial charge is 0.497 e. The van der Waals surface area contributed by atoms with Crippen molar-refractivity contribution in [2.75, 3.05) is 25.5 Å². The lowest BCUT2D eigenvalue weighted by Gasteiger charge is -2.30. The van der Waals surface area contributed by atoms with E-state index >= 15 is 0 Å². The van der Waals surface area contributed by atoms with Gasteiger partial charge >= 0.3 is 6.01 Å². The van der Waals surface area contributed by atoms with Gasteiger partial charge in [0.1, 0.15) is 5.75 Å². The molecule has 1 N–H and O–H groups in total. The van der Waals surface area contributed by atoms with Gasteiger partial charge in [-0.25, -0.2) is 8.42 Å². The first-order chi connectivity index (χ1) is 15.0. The number of nitrogens with zero attached hydrogens (tertiary/aromatic N) is 3. The molecule has 2 aromatic carbocycles. The summed E-state index contributed by atoms with van der Waals surface area (Å²) >= 11 is 0. The summed E-state index contributed by atoms with van der Waals surface area (Å²) in [6, 6.07) is 15.3. The summed E-state index contributed by atoms with van der Waals surface area (Å²) in [5, 5.41) is 10.4. The van der Waals surface area contributed by atoms with Crippen LogP contribution in [0.5, 0.6) is 5.75 Å². The summed E-state index contributed by atoms with van der Waals surface area (Å²) in [7, 11) is -2.07. The smallest absolute Gasteiger partial charge is 0.322 e. The Labute approximate surface area is 180 Å². The van der Waals surface area contributed by atoms with Crippen molar-refractivity contribution >= 4 is 21.9 Å². The van der Waals surface area contributed by atoms with Crippen LogP contribution in [0.1, 0.15) is 12.8 Å². The molecule has 0 bridgehead atoms. The van der Waals surface area contributed by atoms with Gasteiger partial charge in [0.05, 0.1) is 17.9 Å². The van der Waals surface area contributed by atoms with Crippen molar-refractivity contribution in [2.45, 2.75) is 17.7 Å². The molecule has 0 saturated carbocycles. The van der Waals surface area contributed by atoms with Crippen molar-refractivity contribution in [1.82, 2.24) is 14.5 Å². The predicted octanol–water partition coefficient (Wildman–Crippen LogP) is 2.78. The SMILES string of the molecule is COc1ccc(-c2nnc(NC(=O)[C@@H]3CCCN(S(=O)(=O)c4ccccc4)C3)o2)cc1. The number of nitrogens with one attached hydrogen (secondary N) is 1. The van der Waals surface area contributed by atoms with E-state index in [4.69, 9.17) is 9.15 Å². The van der Waals surface area contributed by atoms with E-state index in [-0.39, 0.29) is 29.3 Å². The van der Waals surface area contributed by atoms with Crippen molar-refractivity contribution in [2.24, 2.45) is 5.92 Å². The number of rotatable bonds is 6. The summed E-state index contributed by atoms with van der Waals surface area (Å²) < 4.78 is 37.7. The van der Waals surface area contributed by atoms with E-state index in [0.717, 1.165) is 0 Å². The molecular formula is C21H22N4O5S. The van der Waals surface area contributed by atoms with Gasteiger partial charge in [0.15, 0.2) is 0 Å². The number of amides is 1. The maximum Gasteiger partial charge on any atom is 0.322 e. The molecule has 1 aromatic heterocycles. The third-order valence-electron chi connectivity index (χ3n) is 5.13. The highest BCUT2D eigenvalue weighted by molar-refractivity contribution is 7.89. The Bertz CT molecular complexity index is 1150. The molecule has 9 nitrogen and oxygen atoms in total. The normalized spacial score (nSPS) is 17.3. The number of hydrogen-bond donors (Lipinski definition) is 1. The molecule has 1 aliphatic heterocycles. The van der Waals surface area contributed by atoms with Crippen molar-refractivity contribution in [3.63, 3.8) is 0 Å². The molecule has 1 amide bonds. The van der Waals surface area contributed by atoms with Crippen LogP contribution in [0.2, 0.25) is 0 Å². The van der Waals surface area contributed by atoms with Crippen molar-refractivity contribution in [1.29, 1.82) is 0 Å². The van der Waals surface area contributed by atoms with Gasteiger partial charge in [-0.15, -0.1) is 5.10 Å². The highest BCUT2D eigenvalue weighted by Crippen LogP contribution is 2.26. The molecule has 4 rings (SSSR count). The van der Waals surface area contributed by atoms with Crippen molar-refractivity contribution in [3.8, 4) is 17.2 Å². The van der Waals surface area contributed by atoms with E-state index in [1.807, 2.05) is 0 Å². The van der Waals surface area contributed by atoms with Crippen LogP contribution in [0.3, 0.4) is 0 Å². The van der Waals surface area contributed by atoms with Crippen LogP contribution >= 0.6 is 0 Å². The fraction of sp³-hybridized carbons (Fsp3) is 0.286. The third-order valence-corrected chi connectivity index (χ3v) is 7.01.